The van der Waals surface area contributed by atoms with Crippen molar-refractivity contribution < 1.29 is 4.79 Å². The van der Waals surface area contributed by atoms with Crippen molar-refractivity contribution in [3.8, 4) is 0 Å². The van der Waals surface area contributed by atoms with Gasteiger partial charge in [-0.1, -0.05) is 6.42 Å². The molecule has 3 nitrogen and oxygen atoms in total. The molecule has 17 heavy (non-hydrogen) atoms. The highest BCUT2D eigenvalue weighted by Crippen LogP contribution is 2.37. The van der Waals surface area contributed by atoms with E-state index in [1.54, 1.807) is 0 Å². The Morgan fingerprint density at radius 3 is 2.94 bits per heavy atom. The number of rotatable bonds is 4. The Kier molecular flexibility index (Phi) is 4.36. The maximum atomic E-state index is 12.1. The molecule has 1 amide bonds. The van der Waals surface area contributed by atoms with Crippen molar-refractivity contribution in [2.45, 2.75) is 43.8 Å². The number of amides is 1. The molecular weight excluding hydrogens is 232 g/mol. The molecule has 1 aliphatic heterocycles. The lowest BCUT2D eigenvalue weighted by Gasteiger charge is -2.25. The molecule has 3 atom stereocenters. The van der Waals surface area contributed by atoms with Crippen LogP contribution in [-0.4, -0.2) is 29.5 Å². The van der Waals surface area contributed by atoms with Crippen LogP contribution < -0.4 is 11.1 Å². The van der Waals surface area contributed by atoms with E-state index in [9.17, 15) is 4.79 Å². The zero-order chi connectivity index (χ0) is 12.3. The van der Waals surface area contributed by atoms with Crippen molar-refractivity contribution in [1.29, 1.82) is 0 Å². The molecule has 0 aromatic rings. The van der Waals surface area contributed by atoms with E-state index in [0.717, 1.165) is 25.8 Å². The van der Waals surface area contributed by atoms with Gasteiger partial charge in [-0.2, -0.15) is 11.8 Å². The molecule has 4 heteroatoms. The maximum Gasteiger partial charge on any atom is 0.223 e. The first-order chi connectivity index (χ1) is 8.14. The van der Waals surface area contributed by atoms with E-state index in [2.05, 4.69) is 12.2 Å². The van der Waals surface area contributed by atoms with Crippen molar-refractivity contribution in [1.82, 2.24) is 5.32 Å². The first kappa shape index (κ1) is 13.2. The Balaban J connectivity index is 1.80. The van der Waals surface area contributed by atoms with Crippen molar-refractivity contribution >= 4 is 17.7 Å². The van der Waals surface area contributed by atoms with Gasteiger partial charge >= 0.3 is 0 Å². The monoisotopic (exact) mass is 256 g/mol. The van der Waals surface area contributed by atoms with Gasteiger partial charge in [0.2, 0.25) is 5.91 Å². The van der Waals surface area contributed by atoms with Crippen molar-refractivity contribution in [2.24, 2.45) is 17.6 Å². The van der Waals surface area contributed by atoms with E-state index in [0.29, 0.717) is 12.5 Å². The minimum atomic E-state index is 0.176. The normalized spacial score (nSPS) is 37.3. The lowest BCUT2D eigenvalue weighted by atomic mass is 9.95. The summed E-state index contributed by atoms with van der Waals surface area (Å²) >= 11 is 2.00. The second kappa shape index (κ2) is 5.61. The zero-order valence-electron chi connectivity index (χ0n) is 10.7. The third kappa shape index (κ3) is 3.16. The summed E-state index contributed by atoms with van der Waals surface area (Å²) in [7, 11) is 0. The molecule has 3 unspecified atom stereocenters. The molecule has 98 valence electrons. The molecule has 0 aromatic heterocycles. The third-order valence-corrected chi connectivity index (χ3v) is 5.77. The van der Waals surface area contributed by atoms with Gasteiger partial charge in [-0.3, -0.25) is 4.79 Å². The van der Waals surface area contributed by atoms with Crippen LogP contribution >= 0.6 is 11.8 Å². The number of carbonyl (C=O) groups excluding carboxylic acids is 1. The highest BCUT2D eigenvalue weighted by atomic mass is 32.2. The van der Waals surface area contributed by atoms with E-state index in [1.165, 1.54) is 18.6 Å². The molecule has 0 radical (unpaired) electrons. The van der Waals surface area contributed by atoms with Crippen LogP contribution in [0.1, 0.15) is 39.0 Å². The average molecular weight is 256 g/mol. The molecule has 2 aliphatic rings. The first-order valence-corrected chi connectivity index (χ1v) is 7.75. The standard InChI is InChI=1S/C13H24N2OS/c1-13(6-3-7-17-13)9-15-12(16)11-5-2-4-10(11)8-14/h10-11H,2-9,14H2,1H3,(H,15,16). The Morgan fingerprint density at radius 2 is 2.29 bits per heavy atom. The minimum absolute atomic E-state index is 0.176. The van der Waals surface area contributed by atoms with Crippen LogP contribution in [0.25, 0.3) is 0 Å². The molecule has 0 aromatic carbocycles. The van der Waals surface area contributed by atoms with Gasteiger partial charge in [-0.05, 0) is 50.8 Å². The Labute approximate surface area is 108 Å². The van der Waals surface area contributed by atoms with Gasteiger partial charge in [0, 0.05) is 17.2 Å². The van der Waals surface area contributed by atoms with Gasteiger partial charge < -0.3 is 11.1 Å². The smallest absolute Gasteiger partial charge is 0.223 e. The fourth-order valence-corrected chi connectivity index (χ4v) is 4.29. The highest BCUT2D eigenvalue weighted by Gasteiger charge is 2.34. The zero-order valence-corrected chi connectivity index (χ0v) is 11.5. The van der Waals surface area contributed by atoms with Gasteiger partial charge in [0.15, 0.2) is 0 Å². The van der Waals surface area contributed by atoms with Crippen molar-refractivity contribution in [3.63, 3.8) is 0 Å². The van der Waals surface area contributed by atoms with Gasteiger partial charge in [0.05, 0.1) is 0 Å². The van der Waals surface area contributed by atoms with Gasteiger partial charge in [-0.25, -0.2) is 0 Å². The van der Waals surface area contributed by atoms with E-state index < -0.39 is 0 Å². The van der Waals surface area contributed by atoms with Crippen LogP contribution in [0.15, 0.2) is 0 Å². The largest absolute Gasteiger partial charge is 0.354 e. The lowest BCUT2D eigenvalue weighted by Crippen LogP contribution is -2.41. The van der Waals surface area contributed by atoms with E-state index in [4.69, 9.17) is 5.73 Å². The molecule has 1 heterocycles. The maximum absolute atomic E-state index is 12.1. The van der Waals surface area contributed by atoms with Gasteiger partial charge in [0.25, 0.3) is 0 Å². The summed E-state index contributed by atoms with van der Waals surface area (Å²) in [5, 5.41) is 3.16. The number of nitrogens with one attached hydrogen (secondary N) is 1. The second-order valence-corrected chi connectivity index (χ2v) is 7.34. The van der Waals surface area contributed by atoms with E-state index >= 15 is 0 Å². The summed E-state index contributed by atoms with van der Waals surface area (Å²) in [5.41, 5.74) is 5.72. The summed E-state index contributed by atoms with van der Waals surface area (Å²) in [6, 6.07) is 0. The van der Waals surface area contributed by atoms with Gasteiger partial charge in [-0.15, -0.1) is 0 Å². The molecule has 2 fully saturated rings. The number of thioether (sulfide) groups is 1. The van der Waals surface area contributed by atoms with Crippen LogP contribution in [0, 0.1) is 11.8 Å². The molecule has 3 N–H and O–H groups in total. The molecule has 0 spiro atoms. The quantitative estimate of drug-likeness (QED) is 0.806. The van der Waals surface area contributed by atoms with E-state index in [1.807, 2.05) is 11.8 Å². The van der Waals surface area contributed by atoms with Crippen LogP contribution in [-0.2, 0) is 4.79 Å². The number of hydrogen-bond donors (Lipinski definition) is 2. The van der Waals surface area contributed by atoms with Crippen LogP contribution in [0.3, 0.4) is 0 Å². The summed E-state index contributed by atoms with van der Waals surface area (Å²) in [5.74, 6) is 2.07. The van der Waals surface area contributed by atoms with Crippen LogP contribution in [0.2, 0.25) is 0 Å². The van der Waals surface area contributed by atoms with Crippen molar-refractivity contribution in [2.75, 3.05) is 18.8 Å². The first-order valence-electron chi connectivity index (χ1n) is 6.76. The number of nitrogens with two attached hydrogens (primary N) is 1. The van der Waals surface area contributed by atoms with Crippen LogP contribution in [0.4, 0.5) is 0 Å². The topological polar surface area (TPSA) is 55.1 Å². The second-order valence-electron chi connectivity index (χ2n) is 5.65. The predicted octanol–water partition coefficient (Wildman–Crippen LogP) is 1.76. The van der Waals surface area contributed by atoms with E-state index in [-0.39, 0.29) is 16.6 Å². The minimum Gasteiger partial charge on any atom is -0.354 e. The molecule has 0 bridgehead atoms. The lowest BCUT2D eigenvalue weighted by molar-refractivity contribution is -0.126. The predicted molar refractivity (Wildman–Crippen MR) is 73.0 cm³/mol. The number of carbonyl (C=O) groups is 1. The Bertz CT molecular complexity index is 277. The van der Waals surface area contributed by atoms with Crippen molar-refractivity contribution in [3.05, 3.63) is 0 Å². The summed E-state index contributed by atoms with van der Waals surface area (Å²) < 4.78 is 0.270. The Morgan fingerprint density at radius 1 is 1.47 bits per heavy atom. The molecule has 1 saturated heterocycles. The summed E-state index contributed by atoms with van der Waals surface area (Å²) in [6.45, 7) is 3.74. The molecule has 1 saturated carbocycles. The van der Waals surface area contributed by atoms with Crippen LogP contribution in [0.5, 0.6) is 0 Å². The molecular formula is C13H24N2OS. The highest BCUT2D eigenvalue weighted by molar-refractivity contribution is 8.00. The third-order valence-electron chi connectivity index (χ3n) is 4.24. The average Bonchev–Trinajstić information content (AvgIpc) is 2.95. The Hall–Kier alpha value is -0.220. The number of hydrogen-bond acceptors (Lipinski definition) is 3. The van der Waals surface area contributed by atoms with Gasteiger partial charge in [0.1, 0.15) is 0 Å². The fraction of sp³-hybridized carbons (Fsp3) is 0.923. The SMILES string of the molecule is CC1(CNC(=O)C2CCCC2CN)CCCS1. The summed E-state index contributed by atoms with van der Waals surface area (Å²) in [4.78, 5) is 12.1. The fourth-order valence-electron chi connectivity index (χ4n) is 3.05. The summed E-state index contributed by atoms with van der Waals surface area (Å²) in [6.07, 6.45) is 5.82. The molecule has 2 rings (SSSR count). The molecule has 1 aliphatic carbocycles.